The van der Waals surface area contributed by atoms with Crippen molar-refractivity contribution in [3.8, 4) is 11.5 Å². The van der Waals surface area contributed by atoms with E-state index in [0.29, 0.717) is 18.7 Å². The summed E-state index contributed by atoms with van der Waals surface area (Å²) in [7, 11) is -3.78. The van der Waals surface area contributed by atoms with E-state index in [1.54, 1.807) is 29.3 Å². The van der Waals surface area contributed by atoms with Crippen LogP contribution in [-0.2, 0) is 10.0 Å². The van der Waals surface area contributed by atoms with E-state index in [0.717, 1.165) is 22.6 Å². The Morgan fingerprint density at radius 3 is 2.35 bits per heavy atom. The molecule has 1 unspecified atom stereocenters. The van der Waals surface area contributed by atoms with Gasteiger partial charge in [0.15, 0.2) is 0 Å². The SMILES string of the molecule is CCOc1ccc(C2=NN(c3ccc(S(N)(=O)=O)cc3)C(c3ccccc3O)C2)cc1. The van der Waals surface area contributed by atoms with Gasteiger partial charge in [0.2, 0.25) is 10.0 Å². The Labute approximate surface area is 181 Å². The molecule has 4 rings (SSSR count). The molecule has 1 atom stereocenters. The van der Waals surface area contributed by atoms with E-state index in [2.05, 4.69) is 0 Å². The van der Waals surface area contributed by atoms with Gasteiger partial charge in [-0.3, -0.25) is 5.01 Å². The van der Waals surface area contributed by atoms with Crippen molar-refractivity contribution in [2.24, 2.45) is 10.2 Å². The number of primary sulfonamides is 1. The molecule has 0 saturated carbocycles. The van der Waals surface area contributed by atoms with E-state index in [9.17, 15) is 13.5 Å². The summed E-state index contributed by atoms with van der Waals surface area (Å²) >= 11 is 0. The Bertz CT molecular complexity index is 1210. The first-order chi connectivity index (χ1) is 14.9. The predicted molar refractivity (Wildman–Crippen MR) is 120 cm³/mol. The fraction of sp³-hybridized carbons (Fsp3) is 0.174. The number of nitrogens with zero attached hydrogens (tertiary/aromatic N) is 2. The molecule has 3 aromatic rings. The molecule has 0 aromatic heterocycles. The quantitative estimate of drug-likeness (QED) is 0.610. The van der Waals surface area contributed by atoms with Gasteiger partial charge in [-0.25, -0.2) is 13.6 Å². The Kier molecular flexibility index (Phi) is 5.67. The van der Waals surface area contributed by atoms with Gasteiger partial charge in [0.05, 0.1) is 28.9 Å². The van der Waals surface area contributed by atoms with Gasteiger partial charge in [-0.05, 0) is 67.1 Å². The summed E-state index contributed by atoms with van der Waals surface area (Å²) in [5.41, 5.74) is 3.24. The standard InChI is InChI=1S/C23H23N3O4S/c1-2-30-18-11-7-16(8-12-18)21-15-22(20-5-3-4-6-23(20)27)26(25-21)17-9-13-19(14-10-17)31(24,28)29/h3-14,22,27H,2,15H2,1H3,(H2,24,28,29). The van der Waals surface area contributed by atoms with Crippen LogP contribution < -0.4 is 14.9 Å². The van der Waals surface area contributed by atoms with Gasteiger partial charge >= 0.3 is 0 Å². The number of benzene rings is 3. The van der Waals surface area contributed by atoms with Crippen LogP contribution in [0.4, 0.5) is 5.69 Å². The summed E-state index contributed by atoms with van der Waals surface area (Å²) in [5, 5.41) is 22.3. The maximum absolute atomic E-state index is 11.6. The normalized spacial score (nSPS) is 16.3. The maximum atomic E-state index is 11.6. The predicted octanol–water partition coefficient (Wildman–Crippen LogP) is 3.79. The second kappa shape index (κ2) is 8.41. The zero-order chi connectivity index (χ0) is 22.0. The number of sulfonamides is 1. The Hall–Kier alpha value is -3.36. The van der Waals surface area contributed by atoms with E-state index in [1.807, 2.05) is 43.3 Å². The number of hydrogen-bond acceptors (Lipinski definition) is 6. The van der Waals surface area contributed by atoms with E-state index in [1.165, 1.54) is 12.1 Å². The molecule has 1 aliphatic heterocycles. The smallest absolute Gasteiger partial charge is 0.238 e. The molecule has 31 heavy (non-hydrogen) atoms. The molecule has 7 nitrogen and oxygen atoms in total. The molecule has 0 aliphatic carbocycles. The van der Waals surface area contributed by atoms with Crippen LogP contribution in [-0.4, -0.2) is 25.8 Å². The molecule has 0 amide bonds. The first-order valence-corrected chi connectivity index (χ1v) is 11.4. The van der Waals surface area contributed by atoms with E-state index in [4.69, 9.17) is 15.0 Å². The lowest BCUT2D eigenvalue weighted by Crippen LogP contribution is -2.19. The molecule has 0 saturated heterocycles. The molecule has 0 bridgehead atoms. The summed E-state index contributed by atoms with van der Waals surface area (Å²) in [6.45, 7) is 2.53. The topological polar surface area (TPSA) is 105 Å². The lowest BCUT2D eigenvalue weighted by molar-refractivity contribution is 0.340. The first kappa shape index (κ1) is 20.9. The third-order valence-corrected chi connectivity index (χ3v) is 6.06. The highest BCUT2D eigenvalue weighted by Crippen LogP contribution is 2.40. The highest BCUT2D eigenvalue weighted by molar-refractivity contribution is 7.89. The van der Waals surface area contributed by atoms with E-state index in [-0.39, 0.29) is 16.7 Å². The van der Waals surface area contributed by atoms with Crippen molar-refractivity contribution in [2.75, 3.05) is 11.6 Å². The van der Waals surface area contributed by atoms with Crippen molar-refractivity contribution in [3.63, 3.8) is 0 Å². The molecule has 1 aliphatic rings. The Balaban J connectivity index is 1.73. The van der Waals surface area contributed by atoms with Crippen LogP contribution in [0.1, 0.15) is 30.5 Å². The van der Waals surface area contributed by atoms with Crippen LogP contribution in [0, 0.1) is 0 Å². The Morgan fingerprint density at radius 1 is 1.06 bits per heavy atom. The maximum Gasteiger partial charge on any atom is 0.238 e. The molecule has 3 aromatic carbocycles. The fourth-order valence-electron chi connectivity index (χ4n) is 3.63. The van der Waals surface area contributed by atoms with Gasteiger partial charge in [-0.2, -0.15) is 5.10 Å². The van der Waals surface area contributed by atoms with Crippen molar-refractivity contribution in [1.82, 2.24) is 0 Å². The number of para-hydroxylation sites is 1. The fourth-order valence-corrected chi connectivity index (χ4v) is 4.15. The average Bonchev–Trinajstić information content (AvgIpc) is 3.19. The van der Waals surface area contributed by atoms with Crippen molar-refractivity contribution in [2.45, 2.75) is 24.3 Å². The molecule has 0 radical (unpaired) electrons. The largest absolute Gasteiger partial charge is 0.508 e. The summed E-state index contributed by atoms with van der Waals surface area (Å²) in [6, 6.07) is 20.9. The third kappa shape index (κ3) is 4.40. The van der Waals surface area contributed by atoms with Crippen LogP contribution in [0.2, 0.25) is 0 Å². The molecule has 160 valence electrons. The first-order valence-electron chi connectivity index (χ1n) is 9.87. The molecule has 1 heterocycles. The van der Waals surface area contributed by atoms with Gasteiger partial charge in [-0.15, -0.1) is 0 Å². The van der Waals surface area contributed by atoms with Crippen LogP contribution in [0.5, 0.6) is 11.5 Å². The van der Waals surface area contributed by atoms with Crippen molar-refractivity contribution < 1.29 is 18.3 Å². The molecular formula is C23H23N3O4S. The molecule has 0 spiro atoms. The van der Waals surface area contributed by atoms with Crippen molar-refractivity contribution in [3.05, 3.63) is 83.9 Å². The zero-order valence-corrected chi connectivity index (χ0v) is 17.8. The van der Waals surface area contributed by atoms with Gasteiger partial charge in [0, 0.05) is 12.0 Å². The molecular weight excluding hydrogens is 414 g/mol. The summed E-state index contributed by atoms with van der Waals surface area (Å²) in [6.07, 6.45) is 0.572. The highest BCUT2D eigenvalue weighted by Gasteiger charge is 2.31. The zero-order valence-electron chi connectivity index (χ0n) is 17.0. The number of hydrogen-bond donors (Lipinski definition) is 2. The average molecular weight is 438 g/mol. The summed E-state index contributed by atoms with van der Waals surface area (Å²) in [5.74, 6) is 0.972. The minimum atomic E-state index is -3.78. The van der Waals surface area contributed by atoms with Gasteiger partial charge in [0.1, 0.15) is 11.5 Å². The van der Waals surface area contributed by atoms with Crippen LogP contribution in [0.25, 0.3) is 0 Å². The van der Waals surface area contributed by atoms with Crippen molar-refractivity contribution >= 4 is 21.4 Å². The molecule has 3 N–H and O–H groups in total. The molecule has 0 fully saturated rings. The van der Waals surface area contributed by atoms with Crippen LogP contribution in [0.3, 0.4) is 0 Å². The number of anilines is 1. The number of hydrazone groups is 1. The summed E-state index contributed by atoms with van der Waals surface area (Å²) < 4.78 is 28.7. The van der Waals surface area contributed by atoms with Gasteiger partial charge in [0.25, 0.3) is 0 Å². The van der Waals surface area contributed by atoms with E-state index < -0.39 is 10.0 Å². The number of phenolic OH excluding ortho intramolecular Hbond substituents is 1. The van der Waals surface area contributed by atoms with Crippen molar-refractivity contribution in [1.29, 1.82) is 0 Å². The number of phenols is 1. The number of rotatable bonds is 6. The Morgan fingerprint density at radius 2 is 1.74 bits per heavy atom. The number of ether oxygens (including phenoxy) is 1. The number of nitrogens with two attached hydrogens (primary N) is 1. The van der Waals surface area contributed by atoms with Gasteiger partial charge < -0.3 is 9.84 Å². The number of aromatic hydroxyl groups is 1. The summed E-state index contributed by atoms with van der Waals surface area (Å²) in [4.78, 5) is 0.0327. The van der Waals surface area contributed by atoms with Crippen LogP contribution in [0.15, 0.2) is 82.8 Å². The second-order valence-corrected chi connectivity index (χ2v) is 8.73. The van der Waals surface area contributed by atoms with Gasteiger partial charge in [-0.1, -0.05) is 18.2 Å². The van der Waals surface area contributed by atoms with Crippen LogP contribution >= 0.6 is 0 Å². The minimum Gasteiger partial charge on any atom is -0.508 e. The lowest BCUT2D eigenvalue weighted by Gasteiger charge is -2.24. The van der Waals surface area contributed by atoms with E-state index >= 15 is 0 Å². The second-order valence-electron chi connectivity index (χ2n) is 7.17. The monoisotopic (exact) mass is 437 g/mol. The molecule has 8 heteroatoms. The minimum absolute atomic E-state index is 0.0327. The lowest BCUT2D eigenvalue weighted by atomic mass is 9.97. The highest BCUT2D eigenvalue weighted by atomic mass is 32.2. The third-order valence-electron chi connectivity index (χ3n) is 5.13.